The van der Waals surface area contributed by atoms with Crippen LogP contribution in [0, 0.1) is 5.92 Å². The molecular formula is C14H21NO. The number of nitrogens with two attached hydrogens (primary N) is 1. The van der Waals surface area contributed by atoms with Crippen molar-refractivity contribution < 1.29 is 4.79 Å². The van der Waals surface area contributed by atoms with E-state index in [9.17, 15) is 4.79 Å². The zero-order valence-corrected chi connectivity index (χ0v) is 10.6. The molecule has 2 N–H and O–H groups in total. The third-order valence-corrected chi connectivity index (χ3v) is 2.96. The zero-order chi connectivity index (χ0) is 12.3. The Kier molecular flexibility index (Phi) is 3.87. The molecule has 0 fully saturated rings. The number of benzene rings is 1. The highest BCUT2D eigenvalue weighted by atomic mass is 16.1. The molecule has 0 spiro atoms. The van der Waals surface area contributed by atoms with Crippen LogP contribution in [0.5, 0.6) is 0 Å². The van der Waals surface area contributed by atoms with Gasteiger partial charge in [-0.05, 0) is 11.6 Å². The Morgan fingerprint density at radius 2 is 2.00 bits per heavy atom. The smallest absolute Gasteiger partial charge is 0.165 e. The fourth-order valence-corrected chi connectivity index (χ4v) is 1.54. The van der Waals surface area contributed by atoms with Crippen LogP contribution in [0.1, 0.15) is 43.6 Å². The molecule has 0 saturated carbocycles. The SMILES string of the molecule is CC(C)C(=O)c1cccc(C(C)(C)CN)c1. The quantitative estimate of drug-likeness (QED) is 0.791. The van der Waals surface area contributed by atoms with Gasteiger partial charge in [0.05, 0.1) is 0 Å². The third kappa shape index (κ3) is 2.70. The van der Waals surface area contributed by atoms with E-state index in [2.05, 4.69) is 13.8 Å². The molecule has 0 bridgehead atoms. The molecule has 1 aromatic carbocycles. The summed E-state index contributed by atoms with van der Waals surface area (Å²) in [6.07, 6.45) is 0. The van der Waals surface area contributed by atoms with Gasteiger partial charge in [0, 0.05) is 23.4 Å². The fourth-order valence-electron chi connectivity index (χ4n) is 1.54. The van der Waals surface area contributed by atoms with Crippen LogP contribution in [-0.4, -0.2) is 12.3 Å². The summed E-state index contributed by atoms with van der Waals surface area (Å²) >= 11 is 0. The van der Waals surface area contributed by atoms with Crippen molar-refractivity contribution in [1.82, 2.24) is 0 Å². The minimum Gasteiger partial charge on any atom is -0.330 e. The van der Waals surface area contributed by atoms with E-state index in [1.54, 1.807) is 0 Å². The number of Topliss-reactive ketones (excluding diaryl/α,β-unsaturated/α-hetero) is 1. The Balaban J connectivity index is 3.09. The first-order valence-corrected chi connectivity index (χ1v) is 5.73. The van der Waals surface area contributed by atoms with Crippen LogP contribution in [0.3, 0.4) is 0 Å². The molecule has 0 radical (unpaired) electrons. The molecule has 16 heavy (non-hydrogen) atoms. The number of hydrogen-bond acceptors (Lipinski definition) is 2. The maximum absolute atomic E-state index is 11.9. The van der Waals surface area contributed by atoms with Gasteiger partial charge < -0.3 is 5.73 Å². The van der Waals surface area contributed by atoms with E-state index in [1.807, 2.05) is 38.1 Å². The second kappa shape index (κ2) is 4.79. The van der Waals surface area contributed by atoms with E-state index in [-0.39, 0.29) is 17.1 Å². The van der Waals surface area contributed by atoms with Crippen molar-refractivity contribution in [1.29, 1.82) is 0 Å². The van der Waals surface area contributed by atoms with Gasteiger partial charge in [0.1, 0.15) is 0 Å². The molecule has 2 nitrogen and oxygen atoms in total. The Bertz CT molecular complexity index is 380. The summed E-state index contributed by atoms with van der Waals surface area (Å²) < 4.78 is 0. The second-order valence-electron chi connectivity index (χ2n) is 5.19. The summed E-state index contributed by atoms with van der Waals surface area (Å²) in [6, 6.07) is 7.81. The van der Waals surface area contributed by atoms with Gasteiger partial charge in [0.25, 0.3) is 0 Å². The maximum Gasteiger partial charge on any atom is 0.165 e. The van der Waals surface area contributed by atoms with E-state index in [4.69, 9.17) is 5.73 Å². The van der Waals surface area contributed by atoms with Gasteiger partial charge in [0.2, 0.25) is 0 Å². The van der Waals surface area contributed by atoms with E-state index in [0.717, 1.165) is 11.1 Å². The number of ketones is 1. The number of rotatable bonds is 4. The largest absolute Gasteiger partial charge is 0.330 e. The van der Waals surface area contributed by atoms with Crippen molar-refractivity contribution in [2.24, 2.45) is 11.7 Å². The molecule has 1 aromatic rings. The first-order chi connectivity index (χ1) is 7.38. The van der Waals surface area contributed by atoms with Gasteiger partial charge in [-0.1, -0.05) is 45.9 Å². The van der Waals surface area contributed by atoms with Crippen LogP contribution < -0.4 is 5.73 Å². The Hall–Kier alpha value is -1.15. The summed E-state index contributed by atoms with van der Waals surface area (Å²) in [5, 5.41) is 0. The average molecular weight is 219 g/mol. The van der Waals surface area contributed by atoms with Crippen LogP contribution in [0.25, 0.3) is 0 Å². The third-order valence-electron chi connectivity index (χ3n) is 2.96. The zero-order valence-electron chi connectivity index (χ0n) is 10.6. The van der Waals surface area contributed by atoms with Crippen molar-refractivity contribution in [3.8, 4) is 0 Å². The van der Waals surface area contributed by atoms with Crippen molar-refractivity contribution in [2.75, 3.05) is 6.54 Å². The summed E-state index contributed by atoms with van der Waals surface area (Å²) in [6.45, 7) is 8.59. The molecule has 0 aliphatic carbocycles. The lowest BCUT2D eigenvalue weighted by Crippen LogP contribution is -2.28. The monoisotopic (exact) mass is 219 g/mol. The van der Waals surface area contributed by atoms with Gasteiger partial charge in [-0.2, -0.15) is 0 Å². The normalized spacial score (nSPS) is 11.9. The van der Waals surface area contributed by atoms with E-state index < -0.39 is 0 Å². The minimum atomic E-state index is -0.0761. The lowest BCUT2D eigenvalue weighted by Gasteiger charge is -2.23. The van der Waals surface area contributed by atoms with E-state index in [0.29, 0.717) is 6.54 Å². The van der Waals surface area contributed by atoms with Gasteiger partial charge in [-0.3, -0.25) is 4.79 Å². The van der Waals surface area contributed by atoms with E-state index >= 15 is 0 Å². The minimum absolute atomic E-state index is 0.0382. The highest BCUT2D eigenvalue weighted by molar-refractivity contribution is 5.97. The summed E-state index contributed by atoms with van der Waals surface area (Å²) in [5.41, 5.74) is 7.58. The maximum atomic E-state index is 11.9. The molecule has 2 heteroatoms. The van der Waals surface area contributed by atoms with Crippen molar-refractivity contribution >= 4 is 5.78 Å². The number of carbonyl (C=O) groups is 1. The molecule has 0 aromatic heterocycles. The van der Waals surface area contributed by atoms with Crippen LogP contribution in [-0.2, 0) is 5.41 Å². The van der Waals surface area contributed by atoms with Crippen molar-refractivity contribution in [3.05, 3.63) is 35.4 Å². The predicted molar refractivity (Wildman–Crippen MR) is 67.7 cm³/mol. The van der Waals surface area contributed by atoms with Gasteiger partial charge >= 0.3 is 0 Å². The molecule has 0 unspecified atom stereocenters. The Labute approximate surface area is 97.9 Å². The molecular weight excluding hydrogens is 198 g/mol. The molecule has 0 amide bonds. The molecule has 0 aliphatic rings. The summed E-state index contributed by atoms with van der Waals surface area (Å²) in [4.78, 5) is 11.9. The number of hydrogen-bond donors (Lipinski definition) is 1. The predicted octanol–water partition coefficient (Wildman–Crippen LogP) is 2.76. The van der Waals surface area contributed by atoms with Crippen LogP contribution in [0.4, 0.5) is 0 Å². The molecule has 0 atom stereocenters. The summed E-state index contributed by atoms with van der Waals surface area (Å²) in [5.74, 6) is 0.228. The Morgan fingerprint density at radius 1 is 1.38 bits per heavy atom. The summed E-state index contributed by atoms with van der Waals surface area (Å²) in [7, 11) is 0. The van der Waals surface area contributed by atoms with Gasteiger partial charge in [-0.25, -0.2) is 0 Å². The van der Waals surface area contributed by atoms with Crippen LogP contribution >= 0.6 is 0 Å². The lowest BCUT2D eigenvalue weighted by molar-refractivity contribution is 0.0939. The van der Waals surface area contributed by atoms with Crippen LogP contribution in [0.2, 0.25) is 0 Å². The van der Waals surface area contributed by atoms with Gasteiger partial charge in [-0.15, -0.1) is 0 Å². The first-order valence-electron chi connectivity index (χ1n) is 5.73. The molecule has 0 heterocycles. The lowest BCUT2D eigenvalue weighted by atomic mass is 9.83. The van der Waals surface area contributed by atoms with Crippen molar-refractivity contribution in [2.45, 2.75) is 33.1 Å². The molecule has 0 saturated heterocycles. The molecule has 88 valence electrons. The molecule has 0 aliphatic heterocycles. The average Bonchev–Trinajstić information content (AvgIpc) is 2.28. The fraction of sp³-hybridized carbons (Fsp3) is 0.500. The number of carbonyl (C=O) groups excluding carboxylic acids is 1. The Morgan fingerprint density at radius 3 is 2.50 bits per heavy atom. The first kappa shape index (κ1) is 12.9. The highest BCUT2D eigenvalue weighted by Gasteiger charge is 2.20. The van der Waals surface area contributed by atoms with Crippen molar-refractivity contribution in [3.63, 3.8) is 0 Å². The standard InChI is InChI=1S/C14H21NO/c1-10(2)13(16)11-6-5-7-12(8-11)14(3,4)9-15/h5-8,10H,9,15H2,1-4H3. The van der Waals surface area contributed by atoms with Gasteiger partial charge in [0.15, 0.2) is 5.78 Å². The van der Waals surface area contributed by atoms with Crippen LogP contribution in [0.15, 0.2) is 24.3 Å². The van der Waals surface area contributed by atoms with E-state index in [1.165, 1.54) is 0 Å². The molecule has 1 rings (SSSR count). The topological polar surface area (TPSA) is 43.1 Å². The second-order valence-corrected chi connectivity index (χ2v) is 5.19. The highest BCUT2D eigenvalue weighted by Crippen LogP contribution is 2.23.